The fourth-order valence-electron chi connectivity index (χ4n) is 2.96. The Bertz CT molecular complexity index is 476. The zero-order valence-corrected chi connectivity index (χ0v) is 15.3. The lowest BCUT2D eigenvalue weighted by Crippen LogP contribution is -2.60. The van der Waals surface area contributed by atoms with Gasteiger partial charge in [0.2, 0.25) is 0 Å². The summed E-state index contributed by atoms with van der Waals surface area (Å²) in [5.41, 5.74) is 1.25. The molecule has 0 amide bonds. The molecule has 1 aliphatic heterocycles. The van der Waals surface area contributed by atoms with Gasteiger partial charge in [0, 0.05) is 36.9 Å². The lowest BCUT2D eigenvalue weighted by molar-refractivity contribution is 0.295. The van der Waals surface area contributed by atoms with Crippen LogP contribution < -0.4 is 15.0 Å². The summed E-state index contributed by atoms with van der Waals surface area (Å²) in [6.07, 6.45) is 0. The number of piperazine rings is 1. The van der Waals surface area contributed by atoms with Gasteiger partial charge in [-0.15, -0.1) is 0 Å². The number of ether oxygens (including phenoxy) is 1. The predicted octanol–water partition coefficient (Wildman–Crippen LogP) is 3.92. The van der Waals surface area contributed by atoms with Gasteiger partial charge in [0.1, 0.15) is 5.75 Å². The smallest absolute Gasteiger partial charge is 0.135 e. The Kier molecular flexibility index (Phi) is 5.55. The Morgan fingerprint density at radius 1 is 1.24 bits per heavy atom. The maximum atomic E-state index is 5.46. The van der Waals surface area contributed by atoms with Crippen LogP contribution in [0.1, 0.15) is 27.7 Å². The van der Waals surface area contributed by atoms with Crippen LogP contribution >= 0.6 is 15.9 Å². The molecule has 3 nitrogen and oxygen atoms in total. The van der Waals surface area contributed by atoms with Crippen LogP contribution in [0.5, 0.6) is 5.75 Å². The van der Waals surface area contributed by atoms with Crippen molar-refractivity contribution >= 4 is 21.6 Å². The van der Waals surface area contributed by atoms with E-state index in [-0.39, 0.29) is 0 Å². The summed E-state index contributed by atoms with van der Waals surface area (Å²) in [6.45, 7) is 11.3. The molecule has 118 valence electrons. The number of rotatable bonds is 4. The molecular formula is C17H27BrN2O. The zero-order valence-electron chi connectivity index (χ0n) is 13.7. The minimum absolute atomic E-state index is 0.519. The molecule has 1 fully saturated rings. The molecule has 1 aromatic rings. The van der Waals surface area contributed by atoms with E-state index in [2.05, 4.69) is 72.0 Å². The summed E-state index contributed by atoms with van der Waals surface area (Å²) < 4.78 is 6.46. The van der Waals surface area contributed by atoms with Crippen molar-refractivity contribution in [1.82, 2.24) is 5.32 Å². The van der Waals surface area contributed by atoms with Crippen molar-refractivity contribution in [2.24, 2.45) is 11.8 Å². The average Bonchev–Trinajstić information content (AvgIpc) is 2.47. The van der Waals surface area contributed by atoms with Crippen molar-refractivity contribution in [2.75, 3.05) is 25.1 Å². The molecule has 2 atom stereocenters. The molecule has 1 N–H and O–H groups in total. The van der Waals surface area contributed by atoms with Gasteiger partial charge < -0.3 is 15.0 Å². The van der Waals surface area contributed by atoms with Crippen LogP contribution in [0.3, 0.4) is 0 Å². The minimum Gasteiger partial charge on any atom is -0.495 e. The third-order valence-electron chi connectivity index (χ3n) is 4.42. The molecule has 21 heavy (non-hydrogen) atoms. The lowest BCUT2D eigenvalue weighted by Gasteiger charge is -2.45. The summed E-state index contributed by atoms with van der Waals surface area (Å²) in [7, 11) is 1.72. The van der Waals surface area contributed by atoms with Crippen molar-refractivity contribution in [3.05, 3.63) is 22.7 Å². The quantitative estimate of drug-likeness (QED) is 0.886. The van der Waals surface area contributed by atoms with Gasteiger partial charge in [-0.1, -0.05) is 27.7 Å². The Morgan fingerprint density at radius 2 is 1.95 bits per heavy atom. The summed E-state index contributed by atoms with van der Waals surface area (Å²) >= 11 is 3.54. The van der Waals surface area contributed by atoms with Crippen molar-refractivity contribution in [3.8, 4) is 5.75 Å². The second kappa shape index (κ2) is 7.01. The van der Waals surface area contributed by atoms with Crippen LogP contribution in [0.4, 0.5) is 5.69 Å². The van der Waals surface area contributed by atoms with E-state index in [1.54, 1.807) is 7.11 Å². The van der Waals surface area contributed by atoms with E-state index < -0.39 is 0 Å². The van der Waals surface area contributed by atoms with Crippen LogP contribution in [-0.4, -0.2) is 32.3 Å². The van der Waals surface area contributed by atoms with Gasteiger partial charge in [-0.05, 0) is 39.9 Å². The number of benzene rings is 1. The first-order chi connectivity index (χ1) is 9.93. The number of nitrogens with zero attached hydrogens (tertiary/aromatic N) is 1. The highest BCUT2D eigenvalue weighted by Gasteiger charge is 2.31. The Balaban J connectivity index is 2.30. The number of nitrogens with one attached hydrogen (secondary N) is 1. The Labute approximate surface area is 137 Å². The summed E-state index contributed by atoms with van der Waals surface area (Å²) in [5, 5.41) is 3.71. The van der Waals surface area contributed by atoms with Gasteiger partial charge in [0.25, 0.3) is 0 Å². The molecular weight excluding hydrogens is 328 g/mol. The van der Waals surface area contributed by atoms with Crippen LogP contribution in [0.15, 0.2) is 22.7 Å². The van der Waals surface area contributed by atoms with E-state index in [1.807, 2.05) is 0 Å². The van der Waals surface area contributed by atoms with Gasteiger partial charge in [0.15, 0.2) is 0 Å². The first kappa shape index (κ1) is 16.6. The molecule has 0 aromatic heterocycles. The van der Waals surface area contributed by atoms with Crippen LogP contribution in [0.2, 0.25) is 0 Å². The fraction of sp³-hybridized carbons (Fsp3) is 0.647. The van der Waals surface area contributed by atoms with Gasteiger partial charge in [-0.3, -0.25) is 0 Å². The molecule has 2 rings (SSSR count). The predicted molar refractivity (Wildman–Crippen MR) is 93.3 cm³/mol. The summed E-state index contributed by atoms with van der Waals surface area (Å²) in [4.78, 5) is 2.54. The number of methoxy groups -OCH3 is 1. The summed E-state index contributed by atoms with van der Waals surface area (Å²) in [5.74, 6) is 2.15. The zero-order chi connectivity index (χ0) is 15.6. The van der Waals surface area contributed by atoms with E-state index in [0.29, 0.717) is 23.9 Å². The largest absolute Gasteiger partial charge is 0.495 e. The molecule has 0 bridgehead atoms. The fourth-order valence-corrected chi connectivity index (χ4v) is 3.37. The van der Waals surface area contributed by atoms with E-state index in [1.165, 1.54) is 5.69 Å². The second-order valence-corrected chi connectivity index (χ2v) is 7.40. The Hall–Kier alpha value is -0.740. The second-order valence-electron chi connectivity index (χ2n) is 6.54. The molecule has 2 unspecified atom stereocenters. The van der Waals surface area contributed by atoms with Gasteiger partial charge >= 0.3 is 0 Å². The number of halogens is 1. The SMILES string of the molecule is COc1cc(N2CC(C(C)C)NCC2C(C)C)ccc1Br. The first-order valence-corrected chi connectivity index (χ1v) is 8.57. The van der Waals surface area contributed by atoms with Crippen molar-refractivity contribution in [1.29, 1.82) is 0 Å². The lowest BCUT2D eigenvalue weighted by atomic mass is 9.93. The summed E-state index contributed by atoms with van der Waals surface area (Å²) in [6, 6.07) is 7.46. The van der Waals surface area contributed by atoms with Crippen molar-refractivity contribution in [3.63, 3.8) is 0 Å². The van der Waals surface area contributed by atoms with E-state index in [0.717, 1.165) is 23.3 Å². The number of hydrogen-bond donors (Lipinski definition) is 1. The molecule has 0 saturated carbocycles. The third kappa shape index (κ3) is 3.72. The highest BCUT2D eigenvalue weighted by Crippen LogP contribution is 2.32. The first-order valence-electron chi connectivity index (χ1n) is 7.77. The third-order valence-corrected chi connectivity index (χ3v) is 5.08. The van der Waals surface area contributed by atoms with Crippen LogP contribution in [0.25, 0.3) is 0 Å². The highest BCUT2D eigenvalue weighted by atomic mass is 79.9. The minimum atomic E-state index is 0.519. The van der Waals surface area contributed by atoms with Gasteiger partial charge in [-0.25, -0.2) is 0 Å². The maximum Gasteiger partial charge on any atom is 0.135 e. The molecule has 0 aliphatic carbocycles. The standard InChI is InChI=1S/C17H27BrN2O/c1-11(2)15-10-20(16(9-19-15)12(3)4)13-6-7-14(18)17(8-13)21-5/h6-8,11-12,15-16,19H,9-10H2,1-5H3. The van der Waals surface area contributed by atoms with Crippen molar-refractivity contribution in [2.45, 2.75) is 39.8 Å². The molecule has 0 spiro atoms. The normalized spacial score (nSPS) is 23.0. The van der Waals surface area contributed by atoms with Crippen LogP contribution in [-0.2, 0) is 0 Å². The monoisotopic (exact) mass is 354 g/mol. The number of hydrogen-bond acceptors (Lipinski definition) is 3. The average molecular weight is 355 g/mol. The van der Waals surface area contributed by atoms with Crippen LogP contribution in [0, 0.1) is 11.8 Å². The molecule has 0 radical (unpaired) electrons. The van der Waals surface area contributed by atoms with Crippen molar-refractivity contribution < 1.29 is 4.74 Å². The van der Waals surface area contributed by atoms with E-state index >= 15 is 0 Å². The van der Waals surface area contributed by atoms with Gasteiger partial charge in [-0.2, -0.15) is 0 Å². The van der Waals surface area contributed by atoms with E-state index in [4.69, 9.17) is 4.74 Å². The highest BCUT2D eigenvalue weighted by molar-refractivity contribution is 9.10. The molecule has 1 aliphatic rings. The molecule has 1 saturated heterocycles. The number of anilines is 1. The maximum absolute atomic E-state index is 5.46. The topological polar surface area (TPSA) is 24.5 Å². The molecule has 4 heteroatoms. The van der Waals surface area contributed by atoms with E-state index in [9.17, 15) is 0 Å². The molecule has 1 heterocycles. The Morgan fingerprint density at radius 3 is 2.52 bits per heavy atom. The molecule has 1 aromatic carbocycles. The van der Waals surface area contributed by atoms with Gasteiger partial charge in [0.05, 0.1) is 11.6 Å².